The highest BCUT2D eigenvalue weighted by Gasteiger charge is 2.24. The van der Waals surface area contributed by atoms with Crippen molar-refractivity contribution in [2.75, 3.05) is 19.6 Å². The third-order valence-corrected chi connectivity index (χ3v) is 4.53. The maximum absolute atomic E-state index is 12.4. The molecule has 2 rings (SSSR count). The second-order valence-electron chi connectivity index (χ2n) is 6.45. The first-order valence-corrected chi connectivity index (χ1v) is 9.04. The average molecular weight is 331 g/mol. The summed E-state index contributed by atoms with van der Waals surface area (Å²) in [5, 5.41) is 3.11. The number of nitrogens with one attached hydrogen (secondary N) is 1. The lowest BCUT2D eigenvalue weighted by molar-refractivity contribution is -0.122. The summed E-state index contributed by atoms with van der Waals surface area (Å²) in [6, 6.07) is 9.57. The number of carbonyl (C=O) groups excluding carboxylic acids is 2. The van der Waals surface area contributed by atoms with Crippen molar-refractivity contribution in [3.63, 3.8) is 0 Å². The van der Waals surface area contributed by atoms with Crippen LogP contribution in [0.5, 0.6) is 0 Å². The van der Waals surface area contributed by atoms with E-state index in [4.69, 9.17) is 5.73 Å². The van der Waals surface area contributed by atoms with Gasteiger partial charge in [-0.3, -0.25) is 9.59 Å². The third-order valence-electron chi connectivity index (χ3n) is 4.53. The summed E-state index contributed by atoms with van der Waals surface area (Å²) in [5.41, 5.74) is 6.19. The molecule has 1 heterocycles. The van der Waals surface area contributed by atoms with E-state index in [0.717, 1.165) is 50.6 Å². The minimum absolute atomic E-state index is 0.0836. The van der Waals surface area contributed by atoms with Crippen molar-refractivity contribution in [3.05, 3.63) is 35.9 Å². The Kier molecular flexibility index (Phi) is 7.75. The van der Waals surface area contributed by atoms with Crippen molar-refractivity contribution >= 4 is 11.8 Å². The highest BCUT2D eigenvalue weighted by molar-refractivity contribution is 5.94. The van der Waals surface area contributed by atoms with Gasteiger partial charge in [0.05, 0.1) is 0 Å². The predicted octanol–water partition coefficient (Wildman–Crippen LogP) is 2.32. The maximum atomic E-state index is 12.4. The predicted molar refractivity (Wildman–Crippen MR) is 95.6 cm³/mol. The van der Waals surface area contributed by atoms with Gasteiger partial charge in [0.15, 0.2) is 0 Å². The van der Waals surface area contributed by atoms with Crippen molar-refractivity contribution < 1.29 is 9.59 Å². The van der Waals surface area contributed by atoms with Crippen LogP contribution in [0.3, 0.4) is 0 Å². The van der Waals surface area contributed by atoms with E-state index in [1.807, 2.05) is 35.2 Å². The van der Waals surface area contributed by atoms with Gasteiger partial charge >= 0.3 is 0 Å². The molecule has 1 fully saturated rings. The fourth-order valence-electron chi connectivity index (χ4n) is 3.07. The minimum atomic E-state index is 0.0836. The van der Waals surface area contributed by atoms with Crippen LogP contribution in [-0.2, 0) is 4.79 Å². The second-order valence-corrected chi connectivity index (χ2v) is 6.45. The van der Waals surface area contributed by atoms with Crippen LogP contribution in [0.4, 0.5) is 0 Å². The summed E-state index contributed by atoms with van der Waals surface area (Å²) >= 11 is 0. The second kappa shape index (κ2) is 10.1. The molecule has 1 saturated heterocycles. The maximum Gasteiger partial charge on any atom is 0.253 e. The molecule has 0 bridgehead atoms. The van der Waals surface area contributed by atoms with Crippen molar-refractivity contribution in [3.8, 4) is 0 Å². The van der Waals surface area contributed by atoms with Gasteiger partial charge in [-0.1, -0.05) is 31.0 Å². The monoisotopic (exact) mass is 331 g/mol. The van der Waals surface area contributed by atoms with Gasteiger partial charge in [-0.25, -0.2) is 0 Å². The summed E-state index contributed by atoms with van der Waals surface area (Å²) in [6.07, 6.45) is 6.38. The number of carbonyl (C=O) groups is 2. The molecule has 0 radical (unpaired) electrons. The number of likely N-dealkylation sites (tertiary alicyclic amines) is 1. The Labute approximate surface area is 144 Å². The molecule has 1 aromatic rings. The van der Waals surface area contributed by atoms with Gasteiger partial charge in [-0.2, -0.15) is 0 Å². The molecule has 0 spiro atoms. The van der Waals surface area contributed by atoms with E-state index < -0.39 is 0 Å². The number of hydrogen-bond acceptors (Lipinski definition) is 3. The highest BCUT2D eigenvalue weighted by Crippen LogP contribution is 2.14. The van der Waals surface area contributed by atoms with Crippen LogP contribution >= 0.6 is 0 Å². The molecule has 1 aliphatic heterocycles. The van der Waals surface area contributed by atoms with E-state index in [0.29, 0.717) is 19.5 Å². The zero-order valence-corrected chi connectivity index (χ0v) is 14.4. The Morgan fingerprint density at radius 1 is 1.04 bits per heavy atom. The summed E-state index contributed by atoms with van der Waals surface area (Å²) in [4.78, 5) is 26.2. The van der Waals surface area contributed by atoms with E-state index in [1.165, 1.54) is 0 Å². The molecule has 0 aromatic heterocycles. The van der Waals surface area contributed by atoms with Gasteiger partial charge in [0.1, 0.15) is 0 Å². The van der Waals surface area contributed by atoms with Gasteiger partial charge in [0.2, 0.25) is 5.91 Å². The van der Waals surface area contributed by atoms with E-state index in [2.05, 4.69) is 5.32 Å². The third kappa shape index (κ3) is 5.96. The molecule has 2 amide bonds. The molecule has 1 aliphatic rings. The van der Waals surface area contributed by atoms with Crippen molar-refractivity contribution in [1.29, 1.82) is 0 Å². The molecule has 132 valence electrons. The first-order chi connectivity index (χ1) is 11.7. The number of nitrogens with two attached hydrogens (primary N) is 1. The summed E-state index contributed by atoms with van der Waals surface area (Å²) < 4.78 is 0. The van der Waals surface area contributed by atoms with Crippen LogP contribution in [0.2, 0.25) is 0 Å². The SMILES string of the molecule is NCCCCCCC(=O)NC1CCN(C(=O)c2ccccc2)CC1. The molecule has 3 N–H and O–H groups in total. The van der Waals surface area contributed by atoms with E-state index in [-0.39, 0.29) is 17.9 Å². The Bertz CT molecular complexity index is 511. The molecular formula is C19H29N3O2. The highest BCUT2D eigenvalue weighted by atomic mass is 16.2. The lowest BCUT2D eigenvalue weighted by Crippen LogP contribution is -2.46. The van der Waals surface area contributed by atoms with Crippen LogP contribution in [0.15, 0.2) is 30.3 Å². The van der Waals surface area contributed by atoms with Crippen LogP contribution < -0.4 is 11.1 Å². The van der Waals surface area contributed by atoms with E-state index in [9.17, 15) is 9.59 Å². The van der Waals surface area contributed by atoms with Gasteiger partial charge in [-0.15, -0.1) is 0 Å². The lowest BCUT2D eigenvalue weighted by Gasteiger charge is -2.32. The number of nitrogens with zero attached hydrogens (tertiary/aromatic N) is 1. The number of hydrogen-bond donors (Lipinski definition) is 2. The van der Waals surface area contributed by atoms with Gasteiger partial charge in [0.25, 0.3) is 5.91 Å². The van der Waals surface area contributed by atoms with Crippen LogP contribution in [0.25, 0.3) is 0 Å². The van der Waals surface area contributed by atoms with Gasteiger partial charge in [-0.05, 0) is 44.4 Å². The Balaban J connectivity index is 1.65. The van der Waals surface area contributed by atoms with Crippen LogP contribution in [0.1, 0.15) is 55.3 Å². The zero-order valence-electron chi connectivity index (χ0n) is 14.4. The van der Waals surface area contributed by atoms with E-state index >= 15 is 0 Å². The number of amides is 2. The summed E-state index contributed by atoms with van der Waals surface area (Å²) in [6.45, 7) is 2.14. The van der Waals surface area contributed by atoms with Crippen LogP contribution in [0, 0.1) is 0 Å². The van der Waals surface area contributed by atoms with Crippen molar-refractivity contribution in [2.24, 2.45) is 5.73 Å². The average Bonchev–Trinajstić information content (AvgIpc) is 2.62. The summed E-state index contributed by atoms with van der Waals surface area (Å²) in [7, 11) is 0. The minimum Gasteiger partial charge on any atom is -0.353 e. The van der Waals surface area contributed by atoms with Crippen molar-refractivity contribution in [1.82, 2.24) is 10.2 Å². The number of unbranched alkanes of at least 4 members (excludes halogenated alkanes) is 3. The molecule has 0 saturated carbocycles. The molecule has 0 unspecified atom stereocenters. The topological polar surface area (TPSA) is 75.4 Å². The van der Waals surface area contributed by atoms with Crippen LogP contribution in [-0.4, -0.2) is 42.4 Å². The fourth-order valence-corrected chi connectivity index (χ4v) is 3.07. The molecule has 1 aromatic carbocycles. The molecular weight excluding hydrogens is 302 g/mol. The number of piperidine rings is 1. The van der Waals surface area contributed by atoms with Gasteiger partial charge in [0, 0.05) is 31.1 Å². The molecule has 0 aliphatic carbocycles. The smallest absolute Gasteiger partial charge is 0.253 e. The Hall–Kier alpha value is -1.88. The standard InChI is InChI=1S/C19H29N3O2/c20-13-7-2-1-6-10-18(23)21-17-11-14-22(15-12-17)19(24)16-8-4-3-5-9-16/h3-5,8-9,17H,1-2,6-7,10-15,20H2,(H,21,23). The normalized spacial score (nSPS) is 15.3. The Morgan fingerprint density at radius 2 is 1.71 bits per heavy atom. The van der Waals surface area contributed by atoms with Crippen molar-refractivity contribution in [2.45, 2.75) is 51.0 Å². The van der Waals surface area contributed by atoms with Gasteiger partial charge < -0.3 is 16.0 Å². The fraction of sp³-hybridized carbons (Fsp3) is 0.579. The molecule has 5 nitrogen and oxygen atoms in total. The quantitative estimate of drug-likeness (QED) is 0.718. The first-order valence-electron chi connectivity index (χ1n) is 9.04. The number of benzene rings is 1. The molecule has 5 heteroatoms. The largest absolute Gasteiger partial charge is 0.353 e. The summed E-state index contributed by atoms with van der Waals surface area (Å²) in [5.74, 6) is 0.218. The molecule has 24 heavy (non-hydrogen) atoms. The molecule has 0 atom stereocenters. The lowest BCUT2D eigenvalue weighted by atomic mass is 10.0. The number of rotatable bonds is 8. The zero-order chi connectivity index (χ0) is 17.2. The first kappa shape index (κ1) is 18.5. The van der Waals surface area contributed by atoms with E-state index in [1.54, 1.807) is 0 Å². The Morgan fingerprint density at radius 3 is 2.38 bits per heavy atom.